The van der Waals surface area contributed by atoms with Gasteiger partial charge in [0.15, 0.2) is 0 Å². The molecule has 0 saturated heterocycles. The summed E-state index contributed by atoms with van der Waals surface area (Å²) in [5.41, 5.74) is 2.98. The Kier molecular flexibility index (Phi) is 3.61. The third-order valence-corrected chi connectivity index (χ3v) is 3.61. The van der Waals surface area contributed by atoms with Gasteiger partial charge in [-0.15, -0.1) is 0 Å². The van der Waals surface area contributed by atoms with Gasteiger partial charge in [0.25, 0.3) is 0 Å². The summed E-state index contributed by atoms with van der Waals surface area (Å²) in [6.45, 7) is 0. The van der Waals surface area contributed by atoms with Gasteiger partial charge in [0.2, 0.25) is 10.5 Å². The second-order valence-corrected chi connectivity index (χ2v) is 4.92. The van der Waals surface area contributed by atoms with E-state index >= 15 is 0 Å². The molecule has 0 aliphatic carbocycles. The second kappa shape index (κ2) is 5.71. The van der Waals surface area contributed by atoms with Crippen LogP contribution in [0.5, 0.6) is 0 Å². The Morgan fingerprint density at radius 1 is 0.900 bits per heavy atom. The van der Waals surface area contributed by atoms with Crippen LogP contribution in [0.2, 0.25) is 0 Å². The zero-order valence-corrected chi connectivity index (χ0v) is 13.3. The lowest BCUT2D eigenvalue weighted by Gasteiger charge is -2.08. The standard InChI is InChI=1S/C17H15NOSi/c20-19-17(12-13-6-2-1-3-7-13)16-11-10-14-8-4-5-9-15(14)18-16/h1-12H,20H3. The quantitative estimate of drug-likeness (QED) is 0.542. The maximum atomic E-state index is 5.63. The Labute approximate surface area is 121 Å². The van der Waals surface area contributed by atoms with Gasteiger partial charge in [-0.1, -0.05) is 54.6 Å². The summed E-state index contributed by atoms with van der Waals surface area (Å²) < 4.78 is 5.63. The molecule has 3 aromatic rings. The molecular weight excluding hydrogens is 262 g/mol. The van der Waals surface area contributed by atoms with Crippen LogP contribution in [0.4, 0.5) is 0 Å². The van der Waals surface area contributed by atoms with Crippen LogP contribution in [-0.2, 0) is 4.43 Å². The highest BCUT2D eigenvalue weighted by molar-refractivity contribution is 6.03. The van der Waals surface area contributed by atoms with E-state index in [1.165, 1.54) is 0 Å². The summed E-state index contributed by atoms with van der Waals surface area (Å²) >= 11 is 0. The van der Waals surface area contributed by atoms with Gasteiger partial charge in [-0.3, -0.25) is 0 Å². The summed E-state index contributed by atoms with van der Waals surface area (Å²) in [5.74, 6) is 0.827. The predicted octanol–water partition coefficient (Wildman–Crippen LogP) is 3.03. The summed E-state index contributed by atoms with van der Waals surface area (Å²) in [6.07, 6.45) is 2.03. The molecule has 0 bridgehead atoms. The van der Waals surface area contributed by atoms with Crippen molar-refractivity contribution in [1.29, 1.82) is 0 Å². The minimum Gasteiger partial charge on any atom is -0.552 e. The molecule has 0 N–H and O–H groups in total. The average molecular weight is 277 g/mol. The van der Waals surface area contributed by atoms with Gasteiger partial charge >= 0.3 is 0 Å². The smallest absolute Gasteiger partial charge is 0.204 e. The number of nitrogens with zero attached hydrogens (tertiary/aromatic N) is 1. The molecule has 98 valence electrons. The number of rotatable bonds is 3. The van der Waals surface area contributed by atoms with Crippen molar-refractivity contribution >= 4 is 33.2 Å². The van der Waals surface area contributed by atoms with Crippen molar-refractivity contribution in [3.05, 3.63) is 78.0 Å². The third-order valence-electron chi connectivity index (χ3n) is 3.17. The fourth-order valence-corrected chi connectivity index (χ4v) is 2.47. The lowest BCUT2D eigenvalue weighted by Crippen LogP contribution is -1.93. The van der Waals surface area contributed by atoms with Gasteiger partial charge in [-0.2, -0.15) is 0 Å². The average Bonchev–Trinajstić information content (AvgIpc) is 2.53. The highest BCUT2D eigenvalue weighted by Gasteiger charge is 2.04. The number of hydrogen-bond acceptors (Lipinski definition) is 2. The predicted molar refractivity (Wildman–Crippen MR) is 87.1 cm³/mol. The molecule has 0 fully saturated rings. The van der Waals surface area contributed by atoms with Crippen LogP contribution >= 0.6 is 0 Å². The molecule has 0 unspecified atom stereocenters. The van der Waals surface area contributed by atoms with Crippen molar-refractivity contribution in [2.24, 2.45) is 0 Å². The number of fused-ring (bicyclic) bond motifs is 1. The van der Waals surface area contributed by atoms with Gasteiger partial charge in [0, 0.05) is 5.39 Å². The topological polar surface area (TPSA) is 22.1 Å². The Hall–Kier alpha value is -2.39. The SMILES string of the molecule is [SiH3]OC(=Cc1ccccc1)c1ccc2ccccc2n1. The molecule has 3 heteroatoms. The van der Waals surface area contributed by atoms with E-state index in [4.69, 9.17) is 4.43 Å². The molecule has 0 amide bonds. The minimum absolute atomic E-state index is 0.640. The minimum atomic E-state index is 0.640. The Bertz CT molecular complexity index is 753. The molecule has 0 aliphatic heterocycles. The van der Waals surface area contributed by atoms with E-state index in [0.717, 1.165) is 27.9 Å². The molecule has 1 aromatic heterocycles. The Balaban J connectivity index is 2.05. The lowest BCUT2D eigenvalue weighted by atomic mass is 10.1. The number of pyridine rings is 1. The number of hydrogen-bond donors (Lipinski definition) is 0. The first-order valence-corrected chi connectivity index (χ1v) is 7.35. The molecule has 0 radical (unpaired) electrons. The first kappa shape index (κ1) is 12.6. The van der Waals surface area contributed by atoms with E-state index in [1.807, 2.05) is 48.5 Å². The van der Waals surface area contributed by atoms with E-state index in [-0.39, 0.29) is 0 Å². The largest absolute Gasteiger partial charge is 0.552 e. The monoisotopic (exact) mass is 277 g/mol. The zero-order valence-electron chi connectivity index (χ0n) is 11.3. The fourth-order valence-electron chi connectivity index (χ4n) is 2.14. The second-order valence-electron chi connectivity index (χ2n) is 4.51. The van der Waals surface area contributed by atoms with Gasteiger partial charge in [-0.05, 0) is 23.8 Å². The summed E-state index contributed by atoms with van der Waals surface area (Å²) in [4.78, 5) is 4.67. The van der Waals surface area contributed by atoms with E-state index in [2.05, 4.69) is 29.2 Å². The third kappa shape index (κ3) is 2.63. The first-order valence-electron chi connectivity index (χ1n) is 6.54. The number of aromatic nitrogens is 1. The molecule has 3 rings (SSSR count). The van der Waals surface area contributed by atoms with Gasteiger partial charge in [0.1, 0.15) is 11.5 Å². The van der Waals surface area contributed by atoms with Gasteiger partial charge < -0.3 is 4.43 Å². The van der Waals surface area contributed by atoms with Crippen molar-refractivity contribution in [3.8, 4) is 0 Å². The molecule has 0 atom stereocenters. The lowest BCUT2D eigenvalue weighted by molar-refractivity contribution is 0.573. The van der Waals surface area contributed by atoms with Crippen LogP contribution in [0, 0.1) is 0 Å². The molecule has 0 saturated carbocycles. The molecule has 0 aliphatic rings. The van der Waals surface area contributed by atoms with Crippen LogP contribution < -0.4 is 0 Å². The summed E-state index contributed by atoms with van der Waals surface area (Å²) in [7, 11) is 0.640. The van der Waals surface area contributed by atoms with E-state index < -0.39 is 0 Å². The highest BCUT2D eigenvalue weighted by Crippen LogP contribution is 2.20. The normalized spacial score (nSPS) is 11.7. The van der Waals surface area contributed by atoms with Crippen molar-refractivity contribution < 1.29 is 4.43 Å². The van der Waals surface area contributed by atoms with E-state index in [9.17, 15) is 0 Å². The first-order chi connectivity index (χ1) is 9.86. The maximum Gasteiger partial charge on any atom is 0.204 e. The zero-order chi connectivity index (χ0) is 13.8. The molecule has 20 heavy (non-hydrogen) atoms. The molecule has 2 nitrogen and oxygen atoms in total. The van der Waals surface area contributed by atoms with Crippen LogP contribution in [-0.4, -0.2) is 15.5 Å². The molecular formula is C17H15NOSi. The van der Waals surface area contributed by atoms with E-state index in [0.29, 0.717) is 10.5 Å². The Morgan fingerprint density at radius 3 is 2.45 bits per heavy atom. The van der Waals surface area contributed by atoms with Crippen molar-refractivity contribution in [2.75, 3.05) is 0 Å². The van der Waals surface area contributed by atoms with E-state index in [1.54, 1.807) is 0 Å². The van der Waals surface area contributed by atoms with Crippen LogP contribution in [0.1, 0.15) is 11.3 Å². The summed E-state index contributed by atoms with van der Waals surface area (Å²) in [6, 6.07) is 22.4. The number of benzene rings is 2. The van der Waals surface area contributed by atoms with Crippen molar-refractivity contribution in [3.63, 3.8) is 0 Å². The van der Waals surface area contributed by atoms with Gasteiger partial charge in [-0.25, -0.2) is 4.98 Å². The highest BCUT2D eigenvalue weighted by atomic mass is 28.2. The molecule has 1 heterocycles. The van der Waals surface area contributed by atoms with Crippen LogP contribution in [0.3, 0.4) is 0 Å². The molecule has 0 spiro atoms. The Morgan fingerprint density at radius 2 is 1.65 bits per heavy atom. The number of para-hydroxylation sites is 1. The van der Waals surface area contributed by atoms with Crippen LogP contribution in [0.25, 0.3) is 22.7 Å². The van der Waals surface area contributed by atoms with Gasteiger partial charge in [0.05, 0.1) is 5.52 Å². The van der Waals surface area contributed by atoms with Crippen molar-refractivity contribution in [1.82, 2.24) is 4.98 Å². The fraction of sp³-hybridized carbons (Fsp3) is 0. The van der Waals surface area contributed by atoms with Crippen LogP contribution in [0.15, 0.2) is 66.7 Å². The summed E-state index contributed by atoms with van der Waals surface area (Å²) in [5, 5.41) is 1.14. The van der Waals surface area contributed by atoms with Crippen molar-refractivity contribution in [2.45, 2.75) is 0 Å². The molecule has 2 aromatic carbocycles. The maximum absolute atomic E-state index is 5.63.